The molecule has 1 fully saturated rings. The van der Waals surface area contributed by atoms with Gasteiger partial charge >= 0.3 is 0 Å². The van der Waals surface area contributed by atoms with Gasteiger partial charge in [-0.2, -0.15) is 0 Å². The van der Waals surface area contributed by atoms with Crippen molar-refractivity contribution in [2.24, 2.45) is 0 Å². The number of nitrogens with zero attached hydrogens (tertiary/aromatic N) is 3. The summed E-state index contributed by atoms with van der Waals surface area (Å²) in [7, 11) is 0. The Morgan fingerprint density at radius 1 is 1.00 bits per heavy atom. The number of hydrogen-bond acceptors (Lipinski definition) is 3. The molecule has 0 bridgehead atoms. The molecule has 0 spiro atoms. The Morgan fingerprint density at radius 3 is 2.17 bits per heavy atom. The van der Waals surface area contributed by atoms with Crippen molar-refractivity contribution < 1.29 is 9.59 Å². The number of carbonyl (C=O) groups excluding carboxylic acids is 2. The van der Waals surface area contributed by atoms with E-state index in [1.165, 1.54) is 0 Å². The number of ketones is 1. The highest BCUT2D eigenvalue weighted by Gasteiger charge is 2.27. The molecule has 1 aliphatic rings. The van der Waals surface area contributed by atoms with Gasteiger partial charge in [-0.25, -0.2) is 0 Å². The van der Waals surface area contributed by atoms with E-state index >= 15 is 0 Å². The number of aryl methyl sites for hydroxylation is 1. The molecule has 6 heteroatoms. The monoisotopic (exact) mass is 459 g/mol. The number of piperazine rings is 1. The molecule has 0 radical (unpaired) electrons. The molecule has 1 aromatic carbocycles. The Hall–Kier alpha value is -1.92. The summed E-state index contributed by atoms with van der Waals surface area (Å²) in [4.78, 5) is 29.7. The van der Waals surface area contributed by atoms with Crippen LogP contribution in [0.15, 0.2) is 34.8 Å². The van der Waals surface area contributed by atoms with E-state index in [1.807, 2.05) is 42.2 Å². The lowest BCUT2D eigenvalue weighted by molar-refractivity contribution is 0.0623. The highest BCUT2D eigenvalue weighted by molar-refractivity contribution is 9.10. The van der Waals surface area contributed by atoms with Crippen LogP contribution in [0.2, 0.25) is 0 Å². The van der Waals surface area contributed by atoms with Gasteiger partial charge in [0, 0.05) is 53.1 Å². The average Bonchev–Trinajstić information content (AvgIpc) is 2.96. The summed E-state index contributed by atoms with van der Waals surface area (Å²) < 4.78 is 3.05. The smallest absolute Gasteiger partial charge is 0.255 e. The van der Waals surface area contributed by atoms with Crippen LogP contribution in [0.5, 0.6) is 0 Å². The zero-order valence-corrected chi connectivity index (χ0v) is 19.5. The molecule has 2 heterocycles. The highest BCUT2D eigenvalue weighted by Crippen LogP contribution is 2.25. The zero-order chi connectivity index (χ0) is 21.3. The van der Waals surface area contributed by atoms with E-state index in [1.54, 1.807) is 0 Å². The van der Waals surface area contributed by atoms with E-state index in [4.69, 9.17) is 0 Å². The predicted molar refractivity (Wildman–Crippen MR) is 120 cm³/mol. The Balaban J connectivity index is 1.62. The fourth-order valence-corrected chi connectivity index (χ4v) is 4.73. The van der Waals surface area contributed by atoms with Gasteiger partial charge in [-0.05, 0) is 68.7 Å². The number of carbonyl (C=O) groups is 2. The van der Waals surface area contributed by atoms with Crippen LogP contribution in [0, 0.1) is 13.8 Å². The molecule has 156 valence electrons. The van der Waals surface area contributed by atoms with E-state index in [2.05, 4.69) is 53.1 Å². The van der Waals surface area contributed by atoms with Gasteiger partial charge in [-0.3, -0.25) is 14.5 Å². The minimum atomic E-state index is -0.0512. The van der Waals surface area contributed by atoms with Crippen molar-refractivity contribution in [1.82, 2.24) is 14.4 Å². The topological polar surface area (TPSA) is 45.6 Å². The maximum absolute atomic E-state index is 13.0. The number of benzene rings is 1. The van der Waals surface area contributed by atoms with Crippen LogP contribution in [0.4, 0.5) is 0 Å². The lowest BCUT2D eigenvalue weighted by Gasteiger charge is -2.34. The van der Waals surface area contributed by atoms with E-state index in [0.717, 1.165) is 21.4 Å². The van der Waals surface area contributed by atoms with Crippen LogP contribution >= 0.6 is 15.9 Å². The third-order valence-corrected chi connectivity index (χ3v) is 6.22. The number of rotatable bonds is 4. The second kappa shape index (κ2) is 8.44. The summed E-state index contributed by atoms with van der Waals surface area (Å²) >= 11 is 3.46. The lowest BCUT2D eigenvalue weighted by atomic mass is 10.1. The summed E-state index contributed by atoms with van der Waals surface area (Å²) in [5.74, 6) is 0.191. The van der Waals surface area contributed by atoms with Crippen LogP contribution in [0.3, 0.4) is 0 Å². The van der Waals surface area contributed by atoms with Crippen molar-refractivity contribution in [3.8, 4) is 0 Å². The van der Waals surface area contributed by atoms with Crippen molar-refractivity contribution in [2.45, 2.75) is 40.2 Å². The number of amides is 1. The minimum Gasteiger partial charge on any atom is -0.343 e. The molecule has 0 unspecified atom stereocenters. The largest absolute Gasteiger partial charge is 0.343 e. The normalized spacial score (nSPS) is 15.6. The van der Waals surface area contributed by atoms with Crippen molar-refractivity contribution in [3.05, 3.63) is 57.3 Å². The molecule has 0 N–H and O–H groups in total. The molecule has 3 rings (SSSR count). The summed E-state index contributed by atoms with van der Waals surface area (Å²) in [6.07, 6.45) is 0. The second-order valence-corrected chi connectivity index (χ2v) is 9.62. The highest BCUT2D eigenvalue weighted by atomic mass is 79.9. The Bertz CT molecular complexity index is 919. The molecule has 0 aliphatic carbocycles. The van der Waals surface area contributed by atoms with Gasteiger partial charge in [-0.15, -0.1) is 0 Å². The summed E-state index contributed by atoms with van der Waals surface area (Å²) in [5.41, 5.74) is 3.59. The number of aromatic nitrogens is 1. The molecule has 1 aliphatic heterocycles. The van der Waals surface area contributed by atoms with E-state index in [0.29, 0.717) is 38.3 Å². The molecule has 5 nitrogen and oxygen atoms in total. The van der Waals surface area contributed by atoms with Gasteiger partial charge in [-0.1, -0.05) is 12.1 Å². The zero-order valence-electron chi connectivity index (χ0n) is 18.0. The molecule has 1 saturated heterocycles. The van der Waals surface area contributed by atoms with E-state index in [-0.39, 0.29) is 17.2 Å². The van der Waals surface area contributed by atoms with Crippen LogP contribution in [0.25, 0.3) is 0 Å². The van der Waals surface area contributed by atoms with Gasteiger partial charge in [0.05, 0.1) is 12.1 Å². The Labute approximate surface area is 181 Å². The van der Waals surface area contributed by atoms with E-state index in [9.17, 15) is 9.59 Å². The molecule has 0 atom stereocenters. The predicted octanol–water partition coefficient (Wildman–Crippen LogP) is 4.26. The summed E-state index contributed by atoms with van der Waals surface area (Å²) in [6, 6.07) is 9.52. The SMILES string of the molecule is Cc1cc(C(=O)CN2CCN(C(=O)c3ccccc3Br)CC2)c(C)n1C(C)(C)C. The van der Waals surface area contributed by atoms with Gasteiger partial charge in [0.25, 0.3) is 5.91 Å². The fourth-order valence-electron chi connectivity index (χ4n) is 4.28. The van der Waals surface area contributed by atoms with Crippen LogP contribution in [-0.4, -0.2) is 58.8 Å². The summed E-state index contributed by atoms with van der Waals surface area (Å²) in [6.45, 7) is 13.6. The van der Waals surface area contributed by atoms with E-state index < -0.39 is 0 Å². The van der Waals surface area contributed by atoms with Crippen LogP contribution < -0.4 is 0 Å². The van der Waals surface area contributed by atoms with Gasteiger partial charge < -0.3 is 9.47 Å². The summed E-state index contributed by atoms with van der Waals surface area (Å²) in [5, 5.41) is 0. The molecule has 0 saturated carbocycles. The van der Waals surface area contributed by atoms with Gasteiger partial charge in [0.2, 0.25) is 0 Å². The third kappa shape index (κ3) is 4.64. The lowest BCUT2D eigenvalue weighted by Crippen LogP contribution is -2.50. The minimum absolute atomic E-state index is 0.0391. The molecular formula is C23H30BrN3O2. The number of hydrogen-bond donors (Lipinski definition) is 0. The van der Waals surface area contributed by atoms with Crippen molar-refractivity contribution >= 4 is 27.6 Å². The van der Waals surface area contributed by atoms with Gasteiger partial charge in [0.15, 0.2) is 5.78 Å². The first-order chi connectivity index (χ1) is 13.6. The third-order valence-electron chi connectivity index (χ3n) is 5.53. The second-order valence-electron chi connectivity index (χ2n) is 8.76. The first-order valence-corrected chi connectivity index (χ1v) is 10.9. The standard InChI is InChI=1S/C23H30BrN3O2/c1-16-14-19(17(2)27(16)23(3,4)5)21(28)15-25-10-12-26(13-11-25)22(29)18-8-6-7-9-20(18)24/h6-9,14H,10-13,15H2,1-5H3. The molecular weight excluding hydrogens is 430 g/mol. The van der Waals surface area contributed by atoms with Gasteiger partial charge in [0.1, 0.15) is 0 Å². The first-order valence-electron chi connectivity index (χ1n) is 10.1. The van der Waals surface area contributed by atoms with Crippen molar-refractivity contribution in [1.29, 1.82) is 0 Å². The van der Waals surface area contributed by atoms with Crippen molar-refractivity contribution in [2.75, 3.05) is 32.7 Å². The molecule has 1 amide bonds. The molecule has 2 aromatic rings. The number of Topliss-reactive ketones (excluding diaryl/α,β-unsaturated/α-hetero) is 1. The van der Waals surface area contributed by atoms with Crippen LogP contribution in [-0.2, 0) is 5.54 Å². The number of halogens is 1. The maximum Gasteiger partial charge on any atom is 0.255 e. The first kappa shape index (κ1) is 21.8. The Kier molecular flexibility index (Phi) is 6.34. The average molecular weight is 460 g/mol. The Morgan fingerprint density at radius 2 is 1.62 bits per heavy atom. The van der Waals surface area contributed by atoms with Crippen LogP contribution in [0.1, 0.15) is 52.9 Å². The molecule has 29 heavy (non-hydrogen) atoms. The molecule has 1 aromatic heterocycles. The quantitative estimate of drug-likeness (QED) is 0.641. The fraction of sp³-hybridized carbons (Fsp3) is 0.478. The van der Waals surface area contributed by atoms with Crippen molar-refractivity contribution in [3.63, 3.8) is 0 Å². The maximum atomic E-state index is 13.0.